The first-order valence-corrected chi connectivity index (χ1v) is 8.09. The van der Waals surface area contributed by atoms with Crippen LogP contribution < -0.4 is 17.0 Å². The van der Waals surface area contributed by atoms with E-state index in [1.54, 1.807) is 22.6 Å². The molecular weight excluding hydrogens is 479 g/mol. The summed E-state index contributed by atoms with van der Waals surface area (Å²) in [4.78, 5) is 0.743. The van der Waals surface area contributed by atoms with Crippen molar-refractivity contribution in [2.75, 3.05) is 0 Å². The van der Waals surface area contributed by atoms with Gasteiger partial charge in [0.1, 0.15) is 0 Å². The zero-order valence-electron chi connectivity index (χ0n) is 9.07. The molecule has 1 aromatic carbocycles. The Hall–Kier alpha value is -0.330. The molecular formula is C7H6BrIN2O6S2. The van der Waals surface area contributed by atoms with E-state index in [0.29, 0.717) is 0 Å². The average molecular weight is 485 g/mol. The fourth-order valence-electron chi connectivity index (χ4n) is 1.30. The van der Waals surface area contributed by atoms with Gasteiger partial charge in [0, 0.05) is 3.57 Å². The summed E-state index contributed by atoms with van der Waals surface area (Å²) >= 11 is 1.61. The first-order valence-electron chi connectivity index (χ1n) is 4.13. The van der Waals surface area contributed by atoms with E-state index in [0.717, 1.165) is 6.07 Å². The standard InChI is InChI=1S/C7H5IN2O6S2.BrH/c1-3-4(8)2-5(17(11,12)13)6(10-9)7(3)18(14,15)16;/h2H,1H3,(H-,11,12,13,14,15,16);1H. The van der Waals surface area contributed by atoms with Crippen LogP contribution in [0.2, 0.25) is 0 Å². The second kappa shape index (κ2) is 5.97. The molecule has 8 nitrogen and oxygen atoms in total. The van der Waals surface area contributed by atoms with Gasteiger partial charge in [0.2, 0.25) is 5.39 Å². The third-order valence-electron chi connectivity index (χ3n) is 2.04. The summed E-state index contributed by atoms with van der Waals surface area (Å²) < 4.78 is 62.6. The molecule has 12 heteroatoms. The number of rotatable bonds is 2. The molecule has 0 aromatic heterocycles. The lowest BCUT2D eigenvalue weighted by molar-refractivity contribution is -0.0000123. The maximum Gasteiger partial charge on any atom is 0.427 e. The van der Waals surface area contributed by atoms with E-state index in [1.807, 2.05) is 0 Å². The van der Waals surface area contributed by atoms with Crippen LogP contribution in [0, 0.1) is 15.9 Å². The summed E-state index contributed by atoms with van der Waals surface area (Å²) in [7, 11) is -9.62. The SMILES string of the molecule is Cc1c(I)cc(S(=O)(=O)O)c([N+]#N)c1S(=O)(=O)O.[Br-]. The van der Waals surface area contributed by atoms with Gasteiger partial charge < -0.3 is 17.0 Å². The number of nitrogens with zero attached hydrogens (tertiary/aromatic N) is 2. The number of hydrogen-bond donors (Lipinski definition) is 2. The van der Waals surface area contributed by atoms with Crippen LogP contribution in [-0.4, -0.2) is 25.9 Å². The Morgan fingerprint density at radius 2 is 1.68 bits per heavy atom. The molecule has 106 valence electrons. The fraction of sp³-hybridized carbons (Fsp3) is 0.143. The molecule has 2 N–H and O–H groups in total. The van der Waals surface area contributed by atoms with Crippen molar-refractivity contribution in [1.82, 2.24) is 0 Å². The highest BCUT2D eigenvalue weighted by atomic mass is 127. The molecule has 0 unspecified atom stereocenters. The highest BCUT2D eigenvalue weighted by Gasteiger charge is 2.37. The average Bonchev–Trinajstić information content (AvgIpc) is 2.17. The number of hydrogen-bond acceptors (Lipinski definition) is 5. The van der Waals surface area contributed by atoms with Crippen LogP contribution in [0.15, 0.2) is 15.9 Å². The first kappa shape index (κ1) is 18.7. The van der Waals surface area contributed by atoms with Gasteiger partial charge in [-0.25, -0.2) is 0 Å². The molecule has 0 aliphatic rings. The maximum absolute atomic E-state index is 11.2. The van der Waals surface area contributed by atoms with Crippen LogP contribution in [0.3, 0.4) is 0 Å². The summed E-state index contributed by atoms with van der Waals surface area (Å²) in [5.41, 5.74) is -0.934. The van der Waals surface area contributed by atoms with E-state index in [4.69, 9.17) is 14.5 Å². The first-order chi connectivity index (χ1) is 8.00. The highest BCUT2D eigenvalue weighted by molar-refractivity contribution is 14.1. The lowest BCUT2D eigenvalue weighted by Gasteiger charge is -2.04. The number of diazo groups is 1. The topological polar surface area (TPSA) is 137 Å². The van der Waals surface area contributed by atoms with Crippen molar-refractivity contribution in [3.05, 3.63) is 20.2 Å². The zero-order valence-corrected chi connectivity index (χ0v) is 14.4. The minimum Gasteiger partial charge on any atom is -1.00 e. The zero-order chi connectivity index (χ0) is 14.3. The normalized spacial score (nSPS) is 11.5. The van der Waals surface area contributed by atoms with Gasteiger partial charge in [-0.1, -0.05) is 0 Å². The molecule has 0 spiro atoms. The van der Waals surface area contributed by atoms with Crippen LogP contribution in [0.4, 0.5) is 5.69 Å². The van der Waals surface area contributed by atoms with E-state index in [2.05, 4.69) is 4.98 Å². The van der Waals surface area contributed by atoms with Gasteiger partial charge in [0.05, 0.1) is 0 Å². The summed E-state index contributed by atoms with van der Waals surface area (Å²) in [6.45, 7) is 1.29. The van der Waals surface area contributed by atoms with E-state index in [1.165, 1.54) is 6.92 Å². The van der Waals surface area contributed by atoms with Crippen LogP contribution in [0.5, 0.6) is 0 Å². The Balaban J connectivity index is 0.00000324. The largest absolute Gasteiger partial charge is 1.00 e. The Kier molecular flexibility index (Phi) is 5.87. The predicted octanol–water partition coefficient (Wildman–Crippen LogP) is -1.42. The molecule has 0 bridgehead atoms. The van der Waals surface area contributed by atoms with Crippen LogP contribution in [0.1, 0.15) is 5.56 Å². The highest BCUT2D eigenvalue weighted by Crippen LogP contribution is 2.36. The minimum absolute atomic E-state index is 0. The smallest absolute Gasteiger partial charge is 0.427 e. The Labute approximate surface area is 133 Å². The third-order valence-corrected chi connectivity index (χ3v) is 5.04. The van der Waals surface area contributed by atoms with Gasteiger partial charge in [-0.2, -0.15) is 16.8 Å². The summed E-state index contributed by atoms with van der Waals surface area (Å²) in [6, 6.07) is 0.926. The second-order valence-corrected chi connectivity index (χ2v) is 7.12. The van der Waals surface area contributed by atoms with Crippen molar-refractivity contribution in [3.8, 4) is 0 Å². The molecule has 0 aliphatic carbocycles. The lowest BCUT2D eigenvalue weighted by atomic mass is 10.2. The molecule has 0 atom stereocenters. The van der Waals surface area contributed by atoms with Crippen molar-refractivity contribution in [2.45, 2.75) is 16.7 Å². The van der Waals surface area contributed by atoms with Gasteiger partial charge >= 0.3 is 25.9 Å². The Morgan fingerprint density at radius 1 is 1.21 bits per heavy atom. The molecule has 0 aliphatic heterocycles. The molecule has 0 fully saturated rings. The lowest BCUT2D eigenvalue weighted by Crippen LogP contribution is -3.00. The van der Waals surface area contributed by atoms with E-state index in [-0.39, 0.29) is 26.1 Å². The molecule has 0 saturated heterocycles. The number of halogens is 2. The Bertz CT molecular complexity index is 768. The maximum atomic E-state index is 11.2. The van der Waals surface area contributed by atoms with Crippen molar-refractivity contribution in [2.24, 2.45) is 0 Å². The summed E-state index contributed by atoms with van der Waals surface area (Å²) in [5.74, 6) is 0. The molecule has 0 radical (unpaired) electrons. The van der Waals surface area contributed by atoms with Crippen LogP contribution in [-0.2, 0) is 20.2 Å². The molecule has 0 heterocycles. The van der Waals surface area contributed by atoms with E-state index < -0.39 is 35.7 Å². The van der Waals surface area contributed by atoms with E-state index >= 15 is 0 Å². The van der Waals surface area contributed by atoms with Crippen molar-refractivity contribution in [1.29, 1.82) is 5.39 Å². The van der Waals surface area contributed by atoms with Crippen molar-refractivity contribution >= 4 is 48.5 Å². The number of benzene rings is 1. The third kappa shape index (κ3) is 3.83. The minimum atomic E-state index is -4.82. The van der Waals surface area contributed by atoms with Crippen LogP contribution >= 0.6 is 22.6 Å². The van der Waals surface area contributed by atoms with Gasteiger partial charge in [-0.15, -0.1) is 0 Å². The van der Waals surface area contributed by atoms with Gasteiger partial charge in [-0.3, -0.25) is 9.11 Å². The van der Waals surface area contributed by atoms with Gasteiger partial charge in [0.15, 0.2) is 14.8 Å². The van der Waals surface area contributed by atoms with E-state index in [9.17, 15) is 16.8 Å². The second-order valence-electron chi connectivity index (χ2n) is 3.21. The Morgan fingerprint density at radius 3 is 2.00 bits per heavy atom. The quantitative estimate of drug-likeness (QED) is 0.298. The molecule has 1 aromatic rings. The molecule has 19 heavy (non-hydrogen) atoms. The summed E-state index contributed by atoms with van der Waals surface area (Å²) in [6.07, 6.45) is 0. The van der Waals surface area contributed by atoms with Crippen LogP contribution in [0.25, 0.3) is 4.98 Å². The molecule has 1 rings (SSSR count). The fourth-order valence-corrected chi connectivity index (χ4v) is 3.88. The monoisotopic (exact) mass is 484 g/mol. The van der Waals surface area contributed by atoms with Crippen molar-refractivity contribution < 1.29 is 42.9 Å². The molecule has 0 saturated carbocycles. The van der Waals surface area contributed by atoms with Gasteiger partial charge in [-0.05, 0) is 41.1 Å². The molecule has 0 amide bonds. The van der Waals surface area contributed by atoms with Crippen molar-refractivity contribution in [3.63, 3.8) is 0 Å². The summed E-state index contributed by atoms with van der Waals surface area (Å²) in [5, 5.41) is 8.71. The predicted molar refractivity (Wildman–Crippen MR) is 68.3 cm³/mol. The van der Waals surface area contributed by atoms with Gasteiger partial charge in [0.25, 0.3) is 0 Å².